The standard InChI is InChI=1S/C19H23Cl3N2O2/c1-13(25)10-23-6-7-24-11-15-8-16(20)4-5-19(15)26-12-14-2-3-17(21)9-18(14)22/h2-5,8-9,13,23-25H,6-7,10-12H2,1H3/t13-/m0/s1. The number of aliphatic hydroxyl groups excluding tert-OH is 1. The largest absolute Gasteiger partial charge is 0.489 e. The topological polar surface area (TPSA) is 53.5 Å². The van der Waals surface area contributed by atoms with Crippen molar-refractivity contribution in [3.8, 4) is 5.75 Å². The SMILES string of the molecule is C[C@H](O)CNCCNCc1cc(Cl)ccc1OCc1ccc(Cl)cc1Cl. The van der Waals surface area contributed by atoms with E-state index < -0.39 is 0 Å². The zero-order valence-electron chi connectivity index (χ0n) is 14.6. The van der Waals surface area contributed by atoms with Crippen LogP contribution in [0.2, 0.25) is 15.1 Å². The van der Waals surface area contributed by atoms with Crippen molar-refractivity contribution >= 4 is 34.8 Å². The van der Waals surface area contributed by atoms with Gasteiger partial charge < -0.3 is 20.5 Å². The van der Waals surface area contributed by atoms with Gasteiger partial charge in [-0.15, -0.1) is 0 Å². The average molecular weight is 418 g/mol. The Hall–Kier alpha value is -1.01. The number of aliphatic hydroxyl groups is 1. The quantitative estimate of drug-likeness (QED) is 0.505. The molecule has 7 heteroatoms. The Morgan fingerprint density at radius 2 is 1.65 bits per heavy atom. The lowest BCUT2D eigenvalue weighted by atomic mass is 10.2. The van der Waals surface area contributed by atoms with Crippen molar-refractivity contribution in [2.45, 2.75) is 26.2 Å². The van der Waals surface area contributed by atoms with Gasteiger partial charge in [-0.25, -0.2) is 0 Å². The van der Waals surface area contributed by atoms with Crippen LogP contribution < -0.4 is 15.4 Å². The van der Waals surface area contributed by atoms with Crippen molar-refractivity contribution in [3.05, 3.63) is 62.6 Å². The fourth-order valence-electron chi connectivity index (χ4n) is 2.33. The molecule has 2 aromatic rings. The molecule has 0 spiro atoms. The highest BCUT2D eigenvalue weighted by atomic mass is 35.5. The first-order chi connectivity index (χ1) is 12.5. The van der Waals surface area contributed by atoms with Gasteiger partial charge in [0.25, 0.3) is 0 Å². The fourth-order valence-corrected chi connectivity index (χ4v) is 2.99. The summed E-state index contributed by atoms with van der Waals surface area (Å²) in [4.78, 5) is 0. The third kappa shape index (κ3) is 7.31. The second-order valence-corrected chi connectivity index (χ2v) is 7.29. The van der Waals surface area contributed by atoms with Crippen molar-refractivity contribution in [1.29, 1.82) is 0 Å². The van der Waals surface area contributed by atoms with Crippen molar-refractivity contribution in [2.24, 2.45) is 0 Å². The molecule has 0 heterocycles. The summed E-state index contributed by atoms with van der Waals surface area (Å²) in [6, 6.07) is 10.9. The van der Waals surface area contributed by atoms with Gasteiger partial charge >= 0.3 is 0 Å². The summed E-state index contributed by atoms with van der Waals surface area (Å²) in [7, 11) is 0. The van der Waals surface area contributed by atoms with E-state index in [2.05, 4.69) is 10.6 Å². The van der Waals surface area contributed by atoms with Gasteiger partial charge in [0.15, 0.2) is 0 Å². The van der Waals surface area contributed by atoms with Crippen molar-refractivity contribution in [1.82, 2.24) is 10.6 Å². The maximum Gasteiger partial charge on any atom is 0.124 e. The van der Waals surface area contributed by atoms with E-state index in [9.17, 15) is 5.11 Å². The normalized spacial score (nSPS) is 12.2. The minimum atomic E-state index is -0.345. The van der Waals surface area contributed by atoms with E-state index in [-0.39, 0.29) is 6.10 Å². The molecule has 1 atom stereocenters. The Morgan fingerprint density at radius 3 is 2.38 bits per heavy atom. The molecule has 2 aromatic carbocycles. The molecule has 2 rings (SSSR count). The second kappa shape index (κ2) is 11.0. The average Bonchev–Trinajstić information content (AvgIpc) is 2.58. The molecule has 0 fully saturated rings. The third-order valence-electron chi connectivity index (χ3n) is 3.65. The maximum absolute atomic E-state index is 9.21. The van der Waals surface area contributed by atoms with Gasteiger partial charge in [-0.2, -0.15) is 0 Å². The monoisotopic (exact) mass is 416 g/mol. The van der Waals surface area contributed by atoms with E-state index in [1.165, 1.54) is 0 Å². The lowest BCUT2D eigenvalue weighted by Crippen LogP contribution is -2.31. The number of hydrogen-bond donors (Lipinski definition) is 3. The number of hydrogen-bond acceptors (Lipinski definition) is 4. The fraction of sp³-hybridized carbons (Fsp3) is 0.368. The zero-order chi connectivity index (χ0) is 18.9. The highest BCUT2D eigenvalue weighted by Gasteiger charge is 2.07. The molecular weight excluding hydrogens is 395 g/mol. The molecule has 0 aliphatic rings. The van der Waals surface area contributed by atoms with Crippen LogP contribution in [0.15, 0.2) is 36.4 Å². The number of rotatable bonds is 10. The predicted molar refractivity (Wildman–Crippen MR) is 109 cm³/mol. The minimum Gasteiger partial charge on any atom is -0.489 e. The van der Waals surface area contributed by atoms with Crippen molar-refractivity contribution in [2.75, 3.05) is 19.6 Å². The van der Waals surface area contributed by atoms with Crippen molar-refractivity contribution < 1.29 is 9.84 Å². The second-order valence-electron chi connectivity index (χ2n) is 6.01. The number of ether oxygens (including phenoxy) is 1. The van der Waals surface area contributed by atoms with Gasteiger partial charge in [-0.05, 0) is 37.3 Å². The molecule has 0 radical (unpaired) electrons. The van der Waals surface area contributed by atoms with E-state index in [1.807, 2.05) is 18.2 Å². The highest BCUT2D eigenvalue weighted by Crippen LogP contribution is 2.26. The Labute approximate surface area is 169 Å². The Morgan fingerprint density at radius 1 is 0.962 bits per heavy atom. The van der Waals surface area contributed by atoms with Crippen LogP contribution in [0.4, 0.5) is 0 Å². The molecular formula is C19H23Cl3N2O2. The molecule has 0 bridgehead atoms. The lowest BCUT2D eigenvalue weighted by molar-refractivity contribution is 0.191. The van der Waals surface area contributed by atoms with Gasteiger partial charge in [0.05, 0.1) is 6.10 Å². The number of nitrogens with one attached hydrogen (secondary N) is 2. The van der Waals surface area contributed by atoms with Crippen LogP contribution in [0.3, 0.4) is 0 Å². The first kappa shape index (κ1) is 21.3. The van der Waals surface area contributed by atoms with Crippen LogP contribution >= 0.6 is 34.8 Å². The summed E-state index contributed by atoms with van der Waals surface area (Å²) >= 11 is 18.2. The van der Waals surface area contributed by atoms with E-state index in [0.717, 1.165) is 30.0 Å². The Bertz CT molecular complexity index is 711. The lowest BCUT2D eigenvalue weighted by Gasteiger charge is -2.14. The molecule has 142 valence electrons. The number of halogens is 3. The van der Waals surface area contributed by atoms with Crippen LogP contribution in [-0.4, -0.2) is 30.8 Å². The van der Waals surface area contributed by atoms with Gasteiger partial charge in [0.2, 0.25) is 0 Å². The summed E-state index contributed by atoms with van der Waals surface area (Å²) in [5, 5.41) is 17.5. The van der Waals surface area contributed by atoms with E-state index in [4.69, 9.17) is 39.5 Å². The highest BCUT2D eigenvalue weighted by molar-refractivity contribution is 6.35. The van der Waals surface area contributed by atoms with Crippen LogP contribution in [0.5, 0.6) is 5.75 Å². The van der Waals surface area contributed by atoms with Gasteiger partial charge in [0.1, 0.15) is 12.4 Å². The molecule has 0 saturated carbocycles. The minimum absolute atomic E-state index is 0.345. The summed E-state index contributed by atoms with van der Waals surface area (Å²) in [5.41, 5.74) is 1.84. The van der Waals surface area contributed by atoms with Crippen LogP contribution in [0.25, 0.3) is 0 Å². The first-order valence-electron chi connectivity index (χ1n) is 8.40. The molecule has 0 aliphatic heterocycles. The predicted octanol–water partition coefficient (Wildman–Crippen LogP) is 4.29. The van der Waals surface area contributed by atoms with Gasteiger partial charge in [-0.3, -0.25) is 0 Å². The number of benzene rings is 2. The summed E-state index contributed by atoms with van der Waals surface area (Å²) < 4.78 is 5.93. The van der Waals surface area contributed by atoms with Crippen LogP contribution in [-0.2, 0) is 13.2 Å². The molecule has 26 heavy (non-hydrogen) atoms. The molecule has 0 saturated heterocycles. The summed E-state index contributed by atoms with van der Waals surface area (Å²) in [6.45, 7) is 4.84. The summed E-state index contributed by atoms with van der Waals surface area (Å²) in [6.07, 6.45) is -0.345. The third-order valence-corrected chi connectivity index (χ3v) is 4.48. The van der Waals surface area contributed by atoms with Crippen LogP contribution in [0.1, 0.15) is 18.1 Å². The zero-order valence-corrected chi connectivity index (χ0v) is 16.8. The van der Waals surface area contributed by atoms with E-state index >= 15 is 0 Å². The molecule has 0 aliphatic carbocycles. The molecule has 0 aromatic heterocycles. The first-order valence-corrected chi connectivity index (χ1v) is 9.53. The summed E-state index contributed by atoms with van der Waals surface area (Å²) in [5.74, 6) is 0.754. The molecule has 4 nitrogen and oxygen atoms in total. The van der Waals surface area contributed by atoms with Crippen molar-refractivity contribution in [3.63, 3.8) is 0 Å². The van der Waals surface area contributed by atoms with Crippen LogP contribution in [0, 0.1) is 0 Å². The van der Waals surface area contributed by atoms with Gasteiger partial charge in [0, 0.05) is 52.4 Å². The maximum atomic E-state index is 9.21. The van der Waals surface area contributed by atoms with E-state index in [0.29, 0.717) is 34.8 Å². The van der Waals surface area contributed by atoms with Gasteiger partial charge in [-0.1, -0.05) is 40.9 Å². The Kier molecular flexibility index (Phi) is 8.99. The molecule has 0 amide bonds. The molecule has 0 unspecified atom stereocenters. The van der Waals surface area contributed by atoms with E-state index in [1.54, 1.807) is 25.1 Å². The molecule has 3 N–H and O–H groups in total. The Balaban J connectivity index is 1.90. The smallest absolute Gasteiger partial charge is 0.124 e.